The maximum Gasteiger partial charge on any atom is 0.135 e. The molecule has 3 heterocycles. The first-order valence-electron chi connectivity index (χ1n) is 7.25. The average molecular weight is 249 g/mol. The van der Waals surface area contributed by atoms with Crippen LogP contribution in [0.3, 0.4) is 0 Å². The molecule has 0 aromatic carbocycles. The van der Waals surface area contributed by atoms with Gasteiger partial charge in [0.1, 0.15) is 11.6 Å². The third-order valence-corrected chi connectivity index (χ3v) is 4.17. The Balaban J connectivity index is 1.64. The van der Waals surface area contributed by atoms with E-state index < -0.39 is 0 Å². The molecular weight excluding hydrogens is 226 g/mol. The highest BCUT2D eigenvalue weighted by molar-refractivity contribution is 5.02. The molecule has 1 fully saturated rings. The van der Waals surface area contributed by atoms with Crippen molar-refractivity contribution in [1.82, 2.24) is 19.7 Å². The highest BCUT2D eigenvalue weighted by Crippen LogP contribution is 2.21. The largest absolute Gasteiger partial charge is 0.311 e. The molecule has 2 aliphatic heterocycles. The summed E-state index contributed by atoms with van der Waals surface area (Å²) in [6.45, 7) is 3.59. The number of aromatic nitrogens is 3. The van der Waals surface area contributed by atoms with Crippen molar-refractivity contribution in [3.8, 4) is 0 Å². The topological polar surface area (TPSA) is 60.0 Å². The van der Waals surface area contributed by atoms with Gasteiger partial charge in [-0.05, 0) is 38.8 Å². The SMILES string of the molecule is NC1CCCc2nnc(CCN3CCCCC3)n21. The number of piperidine rings is 1. The van der Waals surface area contributed by atoms with Gasteiger partial charge in [0, 0.05) is 19.4 Å². The molecule has 1 aromatic rings. The molecule has 5 heteroatoms. The molecule has 3 rings (SSSR count). The minimum absolute atomic E-state index is 0.0973. The molecule has 2 aliphatic rings. The molecule has 0 amide bonds. The number of nitrogens with two attached hydrogens (primary N) is 1. The number of hydrogen-bond donors (Lipinski definition) is 1. The fourth-order valence-electron chi connectivity index (χ4n) is 3.12. The van der Waals surface area contributed by atoms with Crippen LogP contribution in [0.1, 0.15) is 49.9 Å². The lowest BCUT2D eigenvalue weighted by Crippen LogP contribution is -2.33. The van der Waals surface area contributed by atoms with Crippen LogP contribution in [0, 0.1) is 0 Å². The summed E-state index contributed by atoms with van der Waals surface area (Å²) in [4.78, 5) is 2.54. The predicted octanol–water partition coefficient (Wildman–Crippen LogP) is 1.10. The molecule has 1 saturated heterocycles. The first kappa shape index (κ1) is 12.1. The lowest BCUT2D eigenvalue weighted by molar-refractivity contribution is 0.228. The fourth-order valence-corrected chi connectivity index (χ4v) is 3.12. The van der Waals surface area contributed by atoms with Crippen molar-refractivity contribution < 1.29 is 0 Å². The maximum absolute atomic E-state index is 6.17. The van der Waals surface area contributed by atoms with Crippen LogP contribution < -0.4 is 5.73 Å². The van der Waals surface area contributed by atoms with E-state index in [-0.39, 0.29) is 6.17 Å². The van der Waals surface area contributed by atoms with Gasteiger partial charge in [0.15, 0.2) is 0 Å². The summed E-state index contributed by atoms with van der Waals surface area (Å²) in [7, 11) is 0. The summed E-state index contributed by atoms with van der Waals surface area (Å²) in [5.41, 5.74) is 6.17. The van der Waals surface area contributed by atoms with E-state index in [0.717, 1.165) is 43.9 Å². The zero-order chi connectivity index (χ0) is 12.4. The highest BCUT2D eigenvalue weighted by Gasteiger charge is 2.22. The summed E-state index contributed by atoms with van der Waals surface area (Å²) in [5.74, 6) is 2.17. The van der Waals surface area contributed by atoms with Gasteiger partial charge in [-0.3, -0.25) is 4.57 Å². The summed E-state index contributed by atoms with van der Waals surface area (Å²) in [6, 6.07) is 0. The van der Waals surface area contributed by atoms with Crippen LogP contribution in [-0.2, 0) is 12.8 Å². The van der Waals surface area contributed by atoms with Crippen molar-refractivity contribution in [2.24, 2.45) is 5.73 Å². The van der Waals surface area contributed by atoms with Crippen molar-refractivity contribution in [3.63, 3.8) is 0 Å². The Morgan fingerprint density at radius 1 is 1.11 bits per heavy atom. The lowest BCUT2D eigenvalue weighted by Gasteiger charge is -2.27. The molecular formula is C13H23N5. The quantitative estimate of drug-likeness (QED) is 0.871. The minimum atomic E-state index is 0.0973. The number of likely N-dealkylation sites (tertiary alicyclic amines) is 1. The van der Waals surface area contributed by atoms with Gasteiger partial charge in [0.2, 0.25) is 0 Å². The van der Waals surface area contributed by atoms with Crippen molar-refractivity contribution in [2.75, 3.05) is 19.6 Å². The van der Waals surface area contributed by atoms with E-state index in [0.29, 0.717) is 0 Å². The Morgan fingerprint density at radius 3 is 2.78 bits per heavy atom. The normalized spacial score (nSPS) is 25.1. The Labute approximate surface area is 108 Å². The monoisotopic (exact) mass is 249 g/mol. The van der Waals surface area contributed by atoms with Crippen molar-refractivity contribution in [2.45, 2.75) is 51.1 Å². The van der Waals surface area contributed by atoms with Crippen molar-refractivity contribution >= 4 is 0 Å². The average Bonchev–Trinajstić information content (AvgIpc) is 2.82. The molecule has 5 nitrogen and oxygen atoms in total. The predicted molar refractivity (Wildman–Crippen MR) is 70.2 cm³/mol. The van der Waals surface area contributed by atoms with Crippen LogP contribution >= 0.6 is 0 Å². The van der Waals surface area contributed by atoms with Gasteiger partial charge in [-0.25, -0.2) is 0 Å². The van der Waals surface area contributed by atoms with Gasteiger partial charge < -0.3 is 10.6 Å². The van der Waals surface area contributed by atoms with Gasteiger partial charge in [-0.1, -0.05) is 6.42 Å². The van der Waals surface area contributed by atoms with E-state index in [2.05, 4.69) is 19.7 Å². The number of aryl methyl sites for hydroxylation is 1. The van der Waals surface area contributed by atoms with Crippen LogP contribution in [0.15, 0.2) is 0 Å². The number of rotatable bonds is 3. The lowest BCUT2D eigenvalue weighted by atomic mass is 10.1. The van der Waals surface area contributed by atoms with Gasteiger partial charge in [0.05, 0.1) is 6.17 Å². The fraction of sp³-hybridized carbons (Fsp3) is 0.846. The van der Waals surface area contributed by atoms with Gasteiger partial charge in [0.25, 0.3) is 0 Å². The second kappa shape index (κ2) is 5.36. The Bertz CT molecular complexity index is 394. The Hall–Kier alpha value is -0.940. The van der Waals surface area contributed by atoms with E-state index in [4.69, 9.17) is 5.73 Å². The third-order valence-electron chi connectivity index (χ3n) is 4.17. The maximum atomic E-state index is 6.17. The van der Waals surface area contributed by atoms with E-state index in [9.17, 15) is 0 Å². The van der Waals surface area contributed by atoms with E-state index in [1.54, 1.807) is 0 Å². The Morgan fingerprint density at radius 2 is 1.94 bits per heavy atom. The molecule has 0 spiro atoms. The number of fused-ring (bicyclic) bond motifs is 1. The van der Waals surface area contributed by atoms with E-state index in [1.807, 2.05) is 0 Å². The third kappa shape index (κ3) is 2.42. The molecule has 0 radical (unpaired) electrons. The molecule has 18 heavy (non-hydrogen) atoms. The van der Waals surface area contributed by atoms with Gasteiger partial charge in [-0.2, -0.15) is 0 Å². The second-order valence-electron chi connectivity index (χ2n) is 5.51. The molecule has 1 aromatic heterocycles. The molecule has 2 N–H and O–H groups in total. The number of nitrogens with zero attached hydrogens (tertiary/aromatic N) is 4. The van der Waals surface area contributed by atoms with Crippen LogP contribution in [0.5, 0.6) is 0 Å². The first-order valence-corrected chi connectivity index (χ1v) is 7.25. The van der Waals surface area contributed by atoms with Crippen molar-refractivity contribution in [1.29, 1.82) is 0 Å². The summed E-state index contributed by atoms with van der Waals surface area (Å²) in [5, 5.41) is 8.62. The molecule has 0 bridgehead atoms. The van der Waals surface area contributed by atoms with Gasteiger partial charge >= 0.3 is 0 Å². The highest BCUT2D eigenvalue weighted by atomic mass is 15.3. The second-order valence-corrected chi connectivity index (χ2v) is 5.51. The van der Waals surface area contributed by atoms with E-state index in [1.165, 1.54) is 32.4 Å². The van der Waals surface area contributed by atoms with Crippen LogP contribution in [0.2, 0.25) is 0 Å². The minimum Gasteiger partial charge on any atom is -0.311 e. The summed E-state index contributed by atoms with van der Waals surface area (Å²) in [6.07, 6.45) is 8.40. The molecule has 0 aliphatic carbocycles. The molecule has 1 atom stereocenters. The van der Waals surface area contributed by atoms with E-state index >= 15 is 0 Å². The zero-order valence-electron chi connectivity index (χ0n) is 11.0. The summed E-state index contributed by atoms with van der Waals surface area (Å²) < 4.78 is 2.17. The molecule has 0 saturated carbocycles. The molecule has 100 valence electrons. The first-order chi connectivity index (χ1) is 8.84. The standard InChI is InChI=1S/C13H23N5/c14-11-5-4-6-12-15-16-13(18(11)12)7-10-17-8-2-1-3-9-17/h11H,1-10,14H2. The smallest absolute Gasteiger partial charge is 0.135 e. The van der Waals surface area contributed by atoms with Crippen LogP contribution in [0.25, 0.3) is 0 Å². The summed E-state index contributed by atoms with van der Waals surface area (Å²) >= 11 is 0. The molecule has 1 unspecified atom stereocenters. The van der Waals surface area contributed by atoms with Crippen LogP contribution in [0.4, 0.5) is 0 Å². The zero-order valence-corrected chi connectivity index (χ0v) is 11.0. The number of hydrogen-bond acceptors (Lipinski definition) is 4. The van der Waals surface area contributed by atoms with Crippen molar-refractivity contribution in [3.05, 3.63) is 11.6 Å². The van der Waals surface area contributed by atoms with Gasteiger partial charge in [-0.15, -0.1) is 10.2 Å². The van der Waals surface area contributed by atoms with Crippen LogP contribution in [-0.4, -0.2) is 39.3 Å². The Kier molecular flexibility index (Phi) is 3.61.